The smallest absolute Gasteiger partial charge is 0.335 e. The highest BCUT2D eigenvalue weighted by Gasteiger charge is 2.22. The summed E-state index contributed by atoms with van der Waals surface area (Å²) in [5, 5.41) is 18.5. The summed E-state index contributed by atoms with van der Waals surface area (Å²) in [6.45, 7) is 1.86. The van der Waals surface area contributed by atoms with Gasteiger partial charge in [-0.2, -0.15) is 0 Å². The molecule has 6 nitrogen and oxygen atoms in total. The van der Waals surface area contributed by atoms with Crippen LogP contribution in [-0.2, 0) is 16.4 Å². The molecule has 0 aliphatic rings. The summed E-state index contributed by atoms with van der Waals surface area (Å²) in [5.41, 5.74) is 0.338. The number of halogens is 1. The number of nitrogens with one attached hydrogen (secondary N) is 1. The van der Waals surface area contributed by atoms with Gasteiger partial charge in [0, 0.05) is 0 Å². The minimum atomic E-state index is -4.31. The molecular weight excluding hydrogens is 325 g/mol. The van der Waals surface area contributed by atoms with Gasteiger partial charge < -0.3 is 10.2 Å². The number of aromatic carboxylic acids is 1. The highest BCUT2D eigenvalue weighted by atomic mass is 32.2. The molecule has 0 bridgehead atoms. The Kier molecular flexibility index (Phi) is 4.55. The first-order chi connectivity index (χ1) is 10.7. The van der Waals surface area contributed by atoms with Gasteiger partial charge in [-0.25, -0.2) is 17.6 Å². The van der Waals surface area contributed by atoms with Gasteiger partial charge in [0.15, 0.2) is 0 Å². The van der Waals surface area contributed by atoms with Crippen molar-refractivity contribution in [2.24, 2.45) is 0 Å². The van der Waals surface area contributed by atoms with Gasteiger partial charge in [-0.15, -0.1) is 0 Å². The predicted octanol–water partition coefficient (Wildman–Crippen LogP) is 2.59. The number of phenolic OH excluding ortho intramolecular Hbond substituents is 1. The van der Waals surface area contributed by atoms with Gasteiger partial charge in [0.2, 0.25) is 0 Å². The van der Waals surface area contributed by atoms with Gasteiger partial charge in [-0.1, -0.05) is 13.0 Å². The third-order valence-corrected chi connectivity index (χ3v) is 4.58. The Balaban J connectivity index is 2.42. The molecular formula is C15H14FNO5S. The topological polar surface area (TPSA) is 104 Å². The first-order valence-corrected chi connectivity index (χ1v) is 8.10. The van der Waals surface area contributed by atoms with E-state index in [1.54, 1.807) is 6.07 Å². The zero-order valence-corrected chi connectivity index (χ0v) is 12.9. The molecule has 2 rings (SSSR count). The maximum Gasteiger partial charge on any atom is 0.335 e. The molecule has 0 fully saturated rings. The predicted molar refractivity (Wildman–Crippen MR) is 81.7 cm³/mol. The van der Waals surface area contributed by atoms with Crippen molar-refractivity contribution in [1.82, 2.24) is 0 Å². The molecule has 2 aromatic carbocycles. The second-order valence-electron chi connectivity index (χ2n) is 4.76. The molecule has 2 aromatic rings. The SMILES string of the molecule is CCc1ccc(O)c(NS(=O)(=O)c2ccc(C(=O)O)cc2F)c1. The van der Waals surface area contributed by atoms with Gasteiger partial charge in [0.05, 0.1) is 11.3 Å². The van der Waals surface area contributed by atoms with E-state index in [9.17, 15) is 22.7 Å². The fourth-order valence-corrected chi connectivity index (χ4v) is 3.06. The Morgan fingerprint density at radius 3 is 2.48 bits per heavy atom. The number of benzene rings is 2. The Morgan fingerprint density at radius 2 is 1.91 bits per heavy atom. The van der Waals surface area contributed by atoms with Crippen molar-refractivity contribution in [3.8, 4) is 5.75 Å². The average Bonchev–Trinajstić information content (AvgIpc) is 2.48. The molecule has 0 saturated heterocycles. The molecule has 0 spiro atoms. The van der Waals surface area contributed by atoms with Crippen molar-refractivity contribution in [2.75, 3.05) is 4.72 Å². The molecule has 0 amide bonds. The lowest BCUT2D eigenvalue weighted by molar-refractivity contribution is 0.0696. The maximum absolute atomic E-state index is 13.9. The molecule has 0 aliphatic carbocycles. The van der Waals surface area contributed by atoms with Crippen LogP contribution in [0.5, 0.6) is 5.75 Å². The van der Waals surface area contributed by atoms with Crippen molar-refractivity contribution in [3.63, 3.8) is 0 Å². The summed E-state index contributed by atoms with van der Waals surface area (Å²) in [4.78, 5) is 10.1. The van der Waals surface area contributed by atoms with E-state index in [2.05, 4.69) is 4.72 Å². The van der Waals surface area contributed by atoms with E-state index in [-0.39, 0.29) is 17.0 Å². The van der Waals surface area contributed by atoms with Crippen molar-refractivity contribution >= 4 is 21.7 Å². The zero-order chi connectivity index (χ0) is 17.2. The normalized spacial score (nSPS) is 11.2. The van der Waals surface area contributed by atoms with Crippen LogP contribution < -0.4 is 4.72 Å². The number of carboxylic acid groups (broad SMARTS) is 1. The lowest BCUT2D eigenvalue weighted by atomic mass is 10.1. The van der Waals surface area contributed by atoms with Crippen LogP contribution in [0.15, 0.2) is 41.3 Å². The van der Waals surface area contributed by atoms with Crippen LogP contribution in [0.4, 0.5) is 10.1 Å². The summed E-state index contributed by atoms with van der Waals surface area (Å²) < 4.78 is 40.5. The number of hydrogen-bond donors (Lipinski definition) is 3. The molecule has 0 heterocycles. The van der Waals surface area contributed by atoms with Crippen molar-refractivity contribution < 1.29 is 27.8 Å². The van der Waals surface area contributed by atoms with E-state index >= 15 is 0 Å². The van der Waals surface area contributed by atoms with Crippen molar-refractivity contribution in [2.45, 2.75) is 18.2 Å². The third-order valence-electron chi connectivity index (χ3n) is 3.18. The Labute approximate surface area is 132 Å². The number of aromatic hydroxyl groups is 1. The van der Waals surface area contributed by atoms with E-state index in [0.29, 0.717) is 12.5 Å². The summed E-state index contributed by atoms with van der Waals surface area (Å²) in [6.07, 6.45) is 0.622. The standard InChI is InChI=1S/C15H14FNO5S/c1-2-9-3-5-13(18)12(7-9)17-23(21,22)14-6-4-10(15(19)20)8-11(14)16/h3-8,17-18H,2H2,1H3,(H,19,20). The van der Waals surface area contributed by atoms with Crippen molar-refractivity contribution in [1.29, 1.82) is 0 Å². The molecule has 0 unspecified atom stereocenters. The second kappa shape index (κ2) is 6.25. The number of phenols is 1. The highest BCUT2D eigenvalue weighted by Crippen LogP contribution is 2.28. The van der Waals surface area contributed by atoms with Crippen molar-refractivity contribution in [3.05, 3.63) is 53.3 Å². The van der Waals surface area contributed by atoms with E-state index in [1.807, 2.05) is 6.92 Å². The monoisotopic (exact) mass is 339 g/mol. The number of hydrogen-bond acceptors (Lipinski definition) is 4. The van der Waals surface area contributed by atoms with E-state index in [4.69, 9.17) is 5.11 Å². The Bertz CT molecular complexity index is 864. The van der Waals surface area contributed by atoms with Gasteiger partial charge in [0.1, 0.15) is 16.5 Å². The second-order valence-corrected chi connectivity index (χ2v) is 6.41. The van der Waals surface area contributed by atoms with Crippen LogP contribution in [0.2, 0.25) is 0 Å². The molecule has 0 aromatic heterocycles. The average molecular weight is 339 g/mol. The molecule has 0 aliphatic heterocycles. The first-order valence-electron chi connectivity index (χ1n) is 6.62. The molecule has 122 valence electrons. The summed E-state index contributed by atoms with van der Waals surface area (Å²) in [6, 6.07) is 6.88. The van der Waals surface area contributed by atoms with Crippen LogP contribution in [0.25, 0.3) is 0 Å². The zero-order valence-electron chi connectivity index (χ0n) is 12.1. The quantitative estimate of drug-likeness (QED) is 0.727. The fourth-order valence-electron chi connectivity index (χ4n) is 1.94. The van der Waals surface area contributed by atoms with E-state index in [1.165, 1.54) is 12.1 Å². The number of aryl methyl sites for hydroxylation is 1. The summed E-state index contributed by atoms with van der Waals surface area (Å²) >= 11 is 0. The number of rotatable bonds is 5. The Morgan fingerprint density at radius 1 is 1.22 bits per heavy atom. The summed E-state index contributed by atoms with van der Waals surface area (Å²) in [5.74, 6) is -2.86. The van der Waals surface area contributed by atoms with Crippen LogP contribution in [0.3, 0.4) is 0 Å². The minimum absolute atomic E-state index is 0.0777. The molecule has 0 atom stereocenters. The number of carboxylic acids is 1. The van der Waals surface area contributed by atoms with Gasteiger partial charge >= 0.3 is 5.97 Å². The molecule has 23 heavy (non-hydrogen) atoms. The fraction of sp³-hybridized carbons (Fsp3) is 0.133. The van der Waals surface area contributed by atoms with Crippen LogP contribution in [0.1, 0.15) is 22.8 Å². The summed E-state index contributed by atoms with van der Waals surface area (Å²) in [7, 11) is -4.31. The molecule has 0 radical (unpaired) electrons. The van der Waals surface area contributed by atoms with E-state index in [0.717, 1.165) is 17.7 Å². The van der Waals surface area contributed by atoms with Crippen LogP contribution in [0, 0.1) is 5.82 Å². The van der Waals surface area contributed by atoms with Crippen LogP contribution >= 0.6 is 0 Å². The Hall–Kier alpha value is -2.61. The highest BCUT2D eigenvalue weighted by molar-refractivity contribution is 7.92. The van der Waals surface area contributed by atoms with Gasteiger partial charge in [0.25, 0.3) is 10.0 Å². The third kappa shape index (κ3) is 3.59. The molecule has 8 heteroatoms. The number of carbonyl (C=O) groups is 1. The van der Waals surface area contributed by atoms with Crippen LogP contribution in [-0.4, -0.2) is 24.6 Å². The van der Waals surface area contributed by atoms with Gasteiger partial charge in [-0.3, -0.25) is 4.72 Å². The van der Waals surface area contributed by atoms with E-state index < -0.39 is 26.7 Å². The first kappa shape index (κ1) is 16.8. The number of anilines is 1. The van der Waals surface area contributed by atoms with Gasteiger partial charge in [-0.05, 0) is 42.3 Å². The molecule has 3 N–H and O–H groups in total. The molecule has 0 saturated carbocycles. The largest absolute Gasteiger partial charge is 0.506 e. The lowest BCUT2D eigenvalue weighted by Crippen LogP contribution is -2.15. The lowest BCUT2D eigenvalue weighted by Gasteiger charge is -2.11. The maximum atomic E-state index is 13.9. The number of sulfonamides is 1. The minimum Gasteiger partial charge on any atom is -0.506 e.